The third-order valence-corrected chi connectivity index (χ3v) is 2.88. The molecule has 0 N–H and O–H groups in total. The van der Waals surface area contributed by atoms with E-state index in [9.17, 15) is 9.18 Å². The van der Waals surface area contributed by atoms with Crippen molar-refractivity contribution in [3.05, 3.63) is 35.6 Å². The van der Waals surface area contributed by atoms with Crippen molar-refractivity contribution in [3.63, 3.8) is 0 Å². The van der Waals surface area contributed by atoms with Crippen LogP contribution in [0.15, 0.2) is 24.3 Å². The average molecular weight is 267 g/mol. The molecule has 0 fully saturated rings. The van der Waals surface area contributed by atoms with Gasteiger partial charge in [0.2, 0.25) is 5.91 Å². The van der Waals surface area contributed by atoms with Crippen LogP contribution in [-0.4, -0.2) is 30.1 Å². The molecule has 0 unspecified atom stereocenters. The van der Waals surface area contributed by atoms with E-state index in [2.05, 4.69) is 0 Å². The Hall–Kier alpha value is -1.42. The molecule has 1 rings (SSSR count). The lowest BCUT2D eigenvalue weighted by molar-refractivity contribution is -0.137. The maximum atomic E-state index is 12.9. The first-order chi connectivity index (χ1) is 8.84. The summed E-state index contributed by atoms with van der Waals surface area (Å²) in [5.74, 6) is -0.226. The molecule has 0 atom stereocenters. The molecule has 4 heteroatoms. The highest BCUT2D eigenvalue weighted by molar-refractivity contribution is 5.77. The number of hydrogen-bond donors (Lipinski definition) is 0. The molecule has 0 saturated heterocycles. The molecule has 1 aromatic carbocycles. The van der Waals surface area contributed by atoms with Gasteiger partial charge in [0, 0.05) is 19.2 Å². The third-order valence-electron chi connectivity index (χ3n) is 2.88. The van der Waals surface area contributed by atoms with Crippen molar-refractivity contribution >= 4 is 5.91 Å². The Balaban J connectivity index is 2.80. The molecule has 0 radical (unpaired) electrons. The fraction of sp³-hybridized carbons (Fsp3) is 0.533. The normalized spacial score (nSPS) is 11.4. The van der Waals surface area contributed by atoms with Crippen molar-refractivity contribution < 1.29 is 13.9 Å². The number of benzene rings is 1. The highest BCUT2D eigenvalue weighted by Crippen LogP contribution is 2.19. The van der Waals surface area contributed by atoms with Gasteiger partial charge in [-0.3, -0.25) is 4.79 Å². The number of amides is 1. The van der Waals surface area contributed by atoms with Crippen LogP contribution in [0.2, 0.25) is 0 Å². The van der Waals surface area contributed by atoms with E-state index >= 15 is 0 Å². The first kappa shape index (κ1) is 15.6. The third kappa shape index (κ3) is 4.99. The second-order valence-electron chi connectivity index (χ2n) is 5.52. The predicted molar refractivity (Wildman–Crippen MR) is 73.2 cm³/mol. The Bertz CT molecular complexity index is 409. The standard InChI is InChI=1S/C15H22FNO2/c1-15(2,3)17(14(18)9-10-19-4)11-12-5-7-13(16)8-6-12/h5-8H,9-11H2,1-4H3. The molecule has 1 amide bonds. The number of carbonyl (C=O) groups excluding carboxylic acids is 1. The van der Waals surface area contributed by atoms with Crippen LogP contribution in [0, 0.1) is 5.82 Å². The Morgan fingerprint density at radius 1 is 1.26 bits per heavy atom. The number of methoxy groups -OCH3 is 1. The highest BCUT2D eigenvalue weighted by Gasteiger charge is 2.26. The van der Waals surface area contributed by atoms with E-state index in [0.29, 0.717) is 19.6 Å². The number of halogens is 1. The van der Waals surface area contributed by atoms with Crippen LogP contribution in [0.4, 0.5) is 4.39 Å². The van der Waals surface area contributed by atoms with Gasteiger partial charge < -0.3 is 9.64 Å². The number of nitrogens with zero attached hydrogens (tertiary/aromatic N) is 1. The fourth-order valence-corrected chi connectivity index (χ4v) is 1.80. The molecule has 0 spiro atoms. The van der Waals surface area contributed by atoms with E-state index in [1.165, 1.54) is 12.1 Å². The van der Waals surface area contributed by atoms with Gasteiger partial charge in [0.15, 0.2) is 0 Å². The minimum Gasteiger partial charge on any atom is -0.384 e. The van der Waals surface area contributed by atoms with Crippen molar-refractivity contribution in [1.82, 2.24) is 4.90 Å². The van der Waals surface area contributed by atoms with E-state index in [4.69, 9.17) is 4.74 Å². The number of rotatable bonds is 5. The molecule has 0 saturated carbocycles. The van der Waals surface area contributed by atoms with Gasteiger partial charge in [-0.2, -0.15) is 0 Å². The lowest BCUT2D eigenvalue weighted by Crippen LogP contribution is -2.45. The molecular formula is C15H22FNO2. The van der Waals surface area contributed by atoms with Crippen LogP contribution in [-0.2, 0) is 16.1 Å². The average Bonchev–Trinajstić information content (AvgIpc) is 2.33. The van der Waals surface area contributed by atoms with Crippen LogP contribution < -0.4 is 0 Å². The van der Waals surface area contributed by atoms with Gasteiger partial charge in [0.1, 0.15) is 5.82 Å². The summed E-state index contributed by atoms with van der Waals surface area (Å²) in [4.78, 5) is 14.0. The van der Waals surface area contributed by atoms with Crippen LogP contribution in [0.1, 0.15) is 32.8 Å². The largest absolute Gasteiger partial charge is 0.384 e. The smallest absolute Gasteiger partial charge is 0.225 e. The molecule has 0 aliphatic carbocycles. The molecule has 19 heavy (non-hydrogen) atoms. The quantitative estimate of drug-likeness (QED) is 0.820. The van der Waals surface area contributed by atoms with E-state index in [-0.39, 0.29) is 17.3 Å². The Morgan fingerprint density at radius 2 is 1.84 bits per heavy atom. The molecule has 106 valence electrons. The fourth-order valence-electron chi connectivity index (χ4n) is 1.80. The van der Waals surface area contributed by atoms with Crippen LogP contribution in [0.3, 0.4) is 0 Å². The van der Waals surface area contributed by atoms with Gasteiger partial charge >= 0.3 is 0 Å². The number of ether oxygens (including phenoxy) is 1. The first-order valence-corrected chi connectivity index (χ1v) is 6.38. The minimum atomic E-state index is -0.279. The number of carbonyl (C=O) groups is 1. The summed E-state index contributed by atoms with van der Waals surface area (Å²) < 4.78 is 17.8. The molecule has 0 bridgehead atoms. The molecular weight excluding hydrogens is 245 g/mol. The number of hydrogen-bond acceptors (Lipinski definition) is 2. The van der Waals surface area contributed by atoms with Crippen molar-refractivity contribution in [2.75, 3.05) is 13.7 Å². The monoisotopic (exact) mass is 267 g/mol. The zero-order valence-electron chi connectivity index (χ0n) is 12.1. The summed E-state index contributed by atoms with van der Waals surface area (Å²) in [5, 5.41) is 0. The van der Waals surface area contributed by atoms with Gasteiger partial charge in [-0.25, -0.2) is 4.39 Å². The summed E-state index contributed by atoms with van der Waals surface area (Å²) in [6.07, 6.45) is 0.356. The summed E-state index contributed by atoms with van der Waals surface area (Å²) in [7, 11) is 1.58. The maximum absolute atomic E-state index is 12.9. The van der Waals surface area contributed by atoms with Crippen molar-refractivity contribution in [3.8, 4) is 0 Å². The molecule has 0 aromatic heterocycles. The highest BCUT2D eigenvalue weighted by atomic mass is 19.1. The maximum Gasteiger partial charge on any atom is 0.225 e. The SMILES string of the molecule is COCCC(=O)N(Cc1ccc(F)cc1)C(C)(C)C. The second kappa shape index (κ2) is 6.66. The molecule has 1 aromatic rings. The first-order valence-electron chi connectivity index (χ1n) is 6.38. The van der Waals surface area contributed by atoms with Crippen molar-refractivity contribution in [2.45, 2.75) is 39.3 Å². The lowest BCUT2D eigenvalue weighted by Gasteiger charge is -2.36. The topological polar surface area (TPSA) is 29.5 Å². The summed E-state index contributed by atoms with van der Waals surface area (Å²) in [5.41, 5.74) is 0.640. The van der Waals surface area contributed by atoms with Gasteiger partial charge in [0.25, 0.3) is 0 Å². The van der Waals surface area contributed by atoms with Gasteiger partial charge in [-0.15, -0.1) is 0 Å². The van der Waals surface area contributed by atoms with Crippen LogP contribution >= 0.6 is 0 Å². The van der Waals surface area contributed by atoms with Crippen LogP contribution in [0.5, 0.6) is 0 Å². The van der Waals surface area contributed by atoms with Gasteiger partial charge in [-0.1, -0.05) is 12.1 Å². The van der Waals surface area contributed by atoms with Gasteiger partial charge in [0.05, 0.1) is 13.0 Å². The molecule has 0 heterocycles. The Kier molecular flexibility index (Phi) is 5.48. The molecule has 3 nitrogen and oxygen atoms in total. The van der Waals surface area contributed by atoms with E-state index < -0.39 is 0 Å². The zero-order valence-corrected chi connectivity index (χ0v) is 12.1. The summed E-state index contributed by atoms with van der Waals surface area (Å²) in [6, 6.07) is 6.24. The van der Waals surface area contributed by atoms with Crippen LogP contribution in [0.25, 0.3) is 0 Å². The zero-order chi connectivity index (χ0) is 14.5. The van der Waals surface area contributed by atoms with Crippen molar-refractivity contribution in [1.29, 1.82) is 0 Å². The Labute approximate surface area is 114 Å². The lowest BCUT2D eigenvalue weighted by atomic mass is 10.0. The summed E-state index contributed by atoms with van der Waals surface area (Å²) in [6.45, 7) is 6.85. The molecule has 0 aliphatic heterocycles. The van der Waals surface area contributed by atoms with E-state index in [1.54, 1.807) is 24.1 Å². The predicted octanol–water partition coefficient (Wildman–Crippen LogP) is 2.99. The van der Waals surface area contributed by atoms with Crippen molar-refractivity contribution in [2.24, 2.45) is 0 Å². The minimum absolute atomic E-state index is 0.0404. The summed E-state index contributed by atoms with van der Waals surface area (Å²) >= 11 is 0. The van der Waals surface area contributed by atoms with E-state index in [1.807, 2.05) is 20.8 Å². The van der Waals surface area contributed by atoms with E-state index in [0.717, 1.165) is 5.56 Å². The Morgan fingerprint density at radius 3 is 2.32 bits per heavy atom. The molecule has 0 aliphatic rings. The second-order valence-corrected chi connectivity index (χ2v) is 5.52. The van der Waals surface area contributed by atoms with Gasteiger partial charge in [-0.05, 0) is 38.5 Å².